The molecule has 1 saturated carbocycles. The summed E-state index contributed by atoms with van der Waals surface area (Å²) in [7, 11) is 0. The Morgan fingerprint density at radius 2 is 1.83 bits per heavy atom. The minimum absolute atomic E-state index is 0.0685. The molecule has 2 aromatic carbocycles. The van der Waals surface area contributed by atoms with Crippen molar-refractivity contribution in [3.8, 4) is 0 Å². The molecule has 3 aromatic rings. The Labute approximate surface area is 184 Å². The van der Waals surface area contributed by atoms with E-state index in [9.17, 15) is 9.59 Å². The molecule has 0 atom stereocenters. The number of aromatic nitrogens is 1. The maximum absolute atomic E-state index is 12.6. The second kappa shape index (κ2) is 10.1. The van der Waals surface area contributed by atoms with E-state index in [4.69, 9.17) is 0 Å². The van der Waals surface area contributed by atoms with Crippen molar-refractivity contribution in [2.75, 3.05) is 11.1 Å². The van der Waals surface area contributed by atoms with Gasteiger partial charge in [-0.1, -0.05) is 48.9 Å². The molecule has 1 heterocycles. The van der Waals surface area contributed by atoms with Crippen LogP contribution in [0.5, 0.6) is 0 Å². The number of carbonyl (C=O) groups excluding carboxylic acids is 2. The summed E-state index contributed by atoms with van der Waals surface area (Å²) in [6.45, 7) is 0. The third kappa shape index (κ3) is 5.40. The molecule has 0 saturated heterocycles. The smallest absolute Gasteiger partial charge is 0.253 e. The Balaban J connectivity index is 1.26. The lowest BCUT2D eigenvalue weighted by Crippen LogP contribution is -2.33. The first-order valence-corrected chi connectivity index (χ1v) is 12.2. The topological polar surface area (TPSA) is 71.1 Å². The van der Waals surface area contributed by atoms with Crippen LogP contribution in [0, 0.1) is 0 Å². The molecule has 0 bridgehead atoms. The van der Waals surface area contributed by atoms with Gasteiger partial charge in [0.05, 0.1) is 21.5 Å². The zero-order valence-corrected chi connectivity index (χ0v) is 18.4. The second-order valence-electron chi connectivity index (χ2n) is 7.45. The van der Waals surface area contributed by atoms with Crippen molar-refractivity contribution in [1.29, 1.82) is 0 Å². The maximum Gasteiger partial charge on any atom is 0.253 e. The Morgan fingerprint density at radius 3 is 2.67 bits per heavy atom. The number of fused-ring (bicyclic) bond motifs is 1. The zero-order chi connectivity index (χ0) is 20.8. The SMILES string of the molecule is O=C(CCCSc1nc2ccccc2s1)Nc1ccccc1C(=O)NC1CCCC1. The molecule has 1 aliphatic rings. The van der Waals surface area contributed by atoms with Crippen LogP contribution in [0.4, 0.5) is 5.69 Å². The average Bonchev–Trinajstić information content (AvgIpc) is 3.40. The van der Waals surface area contributed by atoms with Crippen molar-refractivity contribution in [2.24, 2.45) is 0 Å². The number of amides is 2. The molecule has 4 rings (SSSR count). The molecule has 30 heavy (non-hydrogen) atoms. The van der Waals surface area contributed by atoms with Gasteiger partial charge in [0, 0.05) is 18.2 Å². The molecule has 7 heteroatoms. The molecule has 0 aliphatic heterocycles. The van der Waals surface area contributed by atoms with E-state index >= 15 is 0 Å². The second-order valence-corrected chi connectivity index (χ2v) is 9.82. The Kier molecular flexibility index (Phi) is 7.02. The summed E-state index contributed by atoms with van der Waals surface area (Å²) < 4.78 is 2.22. The van der Waals surface area contributed by atoms with Crippen LogP contribution in [0.1, 0.15) is 48.9 Å². The third-order valence-electron chi connectivity index (χ3n) is 5.18. The summed E-state index contributed by atoms with van der Waals surface area (Å²) in [5.74, 6) is 0.655. The number of nitrogens with one attached hydrogen (secondary N) is 2. The fourth-order valence-corrected chi connectivity index (χ4v) is 5.72. The van der Waals surface area contributed by atoms with Gasteiger partial charge in [-0.3, -0.25) is 9.59 Å². The fraction of sp³-hybridized carbons (Fsp3) is 0.348. The molecule has 0 radical (unpaired) electrons. The summed E-state index contributed by atoms with van der Waals surface area (Å²) in [5.41, 5.74) is 2.13. The number of carbonyl (C=O) groups is 2. The van der Waals surface area contributed by atoms with Crippen molar-refractivity contribution >= 4 is 50.8 Å². The van der Waals surface area contributed by atoms with E-state index in [1.54, 1.807) is 35.2 Å². The molecule has 5 nitrogen and oxygen atoms in total. The largest absolute Gasteiger partial charge is 0.349 e. The van der Waals surface area contributed by atoms with E-state index in [2.05, 4.69) is 21.7 Å². The number of hydrogen-bond donors (Lipinski definition) is 2. The number of hydrogen-bond acceptors (Lipinski definition) is 5. The predicted molar refractivity (Wildman–Crippen MR) is 124 cm³/mol. The molecule has 1 fully saturated rings. The van der Waals surface area contributed by atoms with E-state index in [1.807, 2.05) is 30.3 Å². The normalized spacial score (nSPS) is 14.1. The highest BCUT2D eigenvalue weighted by Crippen LogP contribution is 2.29. The van der Waals surface area contributed by atoms with E-state index in [-0.39, 0.29) is 17.9 Å². The quantitative estimate of drug-likeness (QED) is 0.360. The summed E-state index contributed by atoms with van der Waals surface area (Å²) in [6.07, 6.45) is 5.56. The Morgan fingerprint density at radius 1 is 1.07 bits per heavy atom. The first-order valence-electron chi connectivity index (χ1n) is 10.4. The highest BCUT2D eigenvalue weighted by Gasteiger charge is 2.20. The van der Waals surface area contributed by atoms with Crippen molar-refractivity contribution in [2.45, 2.75) is 48.9 Å². The first kappa shape index (κ1) is 20.9. The summed E-state index contributed by atoms with van der Waals surface area (Å²) in [6, 6.07) is 15.6. The van der Waals surface area contributed by atoms with Gasteiger partial charge in [0.25, 0.3) is 5.91 Å². The van der Waals surface area contributed by atoms with Gasteiger partial charge in [0.15, 0.2) is 4.34 Å². The number of para-hydroxylation sites is 2. The van der Waals surface area contributed by atoms with Crippen molar-refractivity contribution in [3.05, 3.63) is 54.1 Å². The summed E-state index contributed by atoms with van der Waals surface area (Å²) in [4.78, 5) is 29.6. The van der Waals surface area contributed by atoms with Gasteiger partial charge >= 0.3 is 0 Å². The summed E-state index contributed by atoms with van der Waals surface area (Å²) in [5, 5.41) is 6.01. The molecule has 2 N–H and O–H groups in total. The number of benzene rings is 2. The van der Waals surface area contributed by atoms with Crippen molar-refractivity contribution in [1.82, 2.24) is 10.3 Å². The zero-order valence-electron chi connectivity index (χ0n) is 16.7. The lowest BCUT2D eigenvalue weighted by Gasteiger charge is -2.15. The number of nitrogens with zero attached hydrogens (tertiary/aromatic N) is 1. The van der Waals surface area contributed by atoms with Crippen LogP contribution < -0.4 is 10.6 Å². The van der Waals surface area contributed by atoms with Crippen molar-refractivity contribution < 1.29 is 9.59 Å². The molecule has 156 valence electrons. The highest BCUT2D eigenvalue weighted by atomic mass is 32.2. The lowest BCUT2D eigenvalue weighted by molar-refractivity contribution is -0.116. The van der Waals surface area contributed by atoms with Gasteiger partial charge in [-0.25, -0.2) is 4.98 Å². The number of thiazole rings is 1. The monoisotopic (exact) mass is 439 g/mol. The first-order chi connectivity index (χ1) is 14.7. The van der Waals surface area contributed by atoms with Crippen LogP contribution in [0.2, 0.25) is 0 Å². The van der Waals surface area contributed by atoms with E-state index in [1.165, 1.54) is 17.5 Å². The van der Waals surface area contributed by atoms with Gasteiger partial charge in [-0.15, -0.1) is 11.3 Å². The van der Waals surface area contributed by atoms with Gasteiger partial charge < -0.3 is 10.6 Å². The minimum Gasteiger partial charge on any atom is -0.349 e. The molecule has 1 aliphatic carbocycles. The molecule has 0 unspecified atom stereocenters. The van der Waals surface area contributed by atoms with Crippen LogP contribution >= 0.6 is 23.1 Å². The van der Waals surface area contributed by atoms with Crippen LogP contribution in [-0.2, 0) is 4.79 Å². The highest BCUT2D eigenvalue weighted by molar-refractivity contribution is 8.01. The molecule has 0 spiro atoms. The van der Waals surface area contributed by atoms with Crippen LogP contribution in [-0.4, -0.2) is 28.6 Å². The van der Waals surface area contributed by atoms with Gasteiger partial charge in [0.1, 0.15) is 0 Å². The number of anilines is 1. The number of thioether (sulfide) groups is 1. The fourth-order valence-electron chi connectivity index (χ4n) is 3.64. The average molecular weight is 440 g/mol. The van der Waals surface area contributed by atoms with E-state index < -0.39 is 0 Å². The Hall–Kier alpha value is -2.38. The lowest BCUT2D eigenvalue weighted by atomic mass is 10.1. The standard InChI is InChI=1S/C23H25N3O2S2/c27-21(14-7-15-29-23-26-19-12-5-6-13-20(19)30-23)25-18-11-4-3-10-17(18)22(28)24-16-8-1-2-9-16/h3-6,10-13,16H,1-2,7-9,14-15H2,(H,24,28)(H,25,27). The minimum atomic E-state index is -0.107. The van der Waals surface area contributed by atoms with E-state index in [0.717, 1.165) is 34.9 Å². The summed E-state index contributed by atoms with van der Waals surface area (Å²) >= 11 is 3.37. The maximum atomic E-state index is 12.6. The predicted octanol–water partition coefficient (Wildman–Crippen LogP) is 5.48. The van der Waals surface area contributed by atoms with Gasteiger partial charge in [-0.05, 0) is 43.5 Å². The van der Waals surface area contributed by atoms with Crippen LogP contribution in [0.15, 0.2) is 52.9 Å². The molecule has 1 aromatic heterocycles. The Bertz CT molecular complexity index is 995. The third-order valence-corrected chi connectivity index (χ3v) is 7.45. The number of rotatable bonds is 8. The molecular weight excluding hydrogens is 414 g/mol. The van der Waals surface area contributed by atoms with Gasteiger partial charge in [-0.2, -0.15) is 0 Å². The van der Waals surface area contributed by atoms with Crippen LogP contribution in [0.25, 0.3) is 10.2 Å². The van der Waals surface area contributed by atoms with Gasteiger partial charge in [0.2, 0.25) is 5.91 Å². The van der Waals surface area contributed by atoms with E-state index in [0.29, 0.717) is 17.7 Å². The molecule has 2 amide bonds. The van der Waals surface area contributed by atoms with Crippen LogP contribution in [0.3, 0.4) is 0 Å². The molecular formula is C23H25N3O2S2. The van der Waals surface area contributed by atoms with Crippen molar-refractivity contribution in [3.63, 3.8) is 0 Å².